The van der Waals surface area contributed by atoms with E-state index in [1.807, 2.05) is 0 Å². The van der Waals surface area contributed by atoms with Gasteiger partial charge in [0, 0.05) is 18.5 Å². The van der Waals surface area contributed by atoms with E-state index in [0.717, 1.165) is 5.75 Å². The summed E-state index contributed by atoms with van der Waals surface area (Å²) in [6.07, 6.45) is 0.586. The van der Waals surface area contributed by atoms with E-state index in [-0.39, 0.29) is 12.3 Å². The highest BCUT2D eigenvalue weighted by molar-refractivity contribution is 5.94. The SMILES string of the molecule is COc1ccc(Oc2ccc(C(=O)NCCCC(=O)NO)cc2)cc1. The molecule has 0 atom stereocenters. The third-order valence-corrected chi connectivity index (χ3v) is 3.40. The molecule has 0 aliphatic carbocycles. The summed E-state index contributed by atoms with van der Waals surface area (Å²) in [5.41, 5.74) is 2.04. The second-order valence-corrected chi connectivity index (χ2v) is 5.20. The fourth-order valence-electron chi connectivity index (χ4n) is 2.06. The zero-order chi connectivity index (χ0) is 18.1. The molecule has 2 aromatic carbocycles. The summed E-state index contributed by atoms with van der Waals surface area (Å²) < 4.78 is 10.8. The Balaban J connectivity index is 1.83. The number of hydroxylamine groups is 1. The van der Waals surface area contributed by atoms with Gasteiger partial charge in [-0.25, -0.2) is 5.48 Å². The van der Waals surface area contributed by atoms with Crippen molar-refractivity contribution in [2.24, 2.45) is 0 Å². The third kappa shape index (κ3) is 5.82. The van der Waals surface area contributed by atoms with Crippen LogP contribution in [0, 0.1) is 0 Å². The lowest BCUT2D eigenvalue weighted by atomic mass is 10.2. The predicted octanol–water partition coefficient (Wildman–Crippen LogP) is 2.50. The van der Waals surface area contributed by atoms with E-state index in [4.69, 9.17) is 14.7 Å². The number of ether oxygens (including phenoxy) is 2. The fourth-order valence-corrected chi connectivity index (χ4v) is 2.06. The molecular weight excluding hydrogens is 324 g/mol. The normalized spacial score (nSPS) is 10.0. The van der Waals surface area contributed by atoms with Crippen molar-refractivity contribution in [3.05, 3.63) is 54.1 Å². The number of nitrogens with one attached hydrogen (secondary N) is 2. The molecule has 0 aliphatic heterocycles. The van der Waals surface area contributed by atoms with Crippen LogP contribution in [0.5, 0.6) is 17.2 Å². The minimum atomic E-state index is -0.478. The van der Waals surface area contributed by atoms with Crippen LogP contribution in [-0.2, 0) is 4.79 Å². The minimum Gasteiger partial charge on any atom is -0.497 e. The molecule has 2 aromatic rings. The summed E-state index contributed by atoms with van der Waals surface area (Å²) >= 11 is 0. The van der Waals surface area contributed by atoms with E-state index < -0.39 is 5.91 Å². The van der Waals surface area contributed by atoms with Crippen molar-refractivity contribution >= 4 is 11.8 Å². The molecule has 0 unspecified atom stereocenters. The fraction of sp³-hybridized carbons (Fsp3) is 0.222. The van der Waals surface area contributed by atoms with E-state index in [1.54, 1.807) is 61.1 Å². The van der Waals surface area contributed by atoms with E-state index >= 15 is 0 Å². The minimum absolute atomic E-state index is 0.144. The van der Waals surface area contributed by atoms with Crippen LogP contribution in [0.2, 0.25) is 0 Å². The van der Waals surface area contributed by atoms with E-state index in [1.165, 1.54) is 0 Å². The Morgan fingerprint density at radius 2 is 1.52 bits per heavy atom. The first-order valence-electron chi connectivity index (χ1n) is 7.75. The number of carbonyl (C=O) groups excluding carboxylic acids is 2. The van der Waals surface area contributed by atoms with Gasteiger partial charge in [0.2, 0.25) is 5.91 Å². The van der Waals surface area contributed by atoms with Gasteiger partial charge >= 0.3 is 0 Å². The molecule has 0 aromatic heterocycles. The number of methoxy groups -OCH3 is 1. The summed E-state index contributed by atoms with van der Waals surface area (Å²) in [7, 11) is 1.60. The molecule has 7 heteroatoms. The Morgan fingerprint density at radius 3 is 2.08 bits per heavy atom. The van der Waals surface area contributed by atoms with Crippen molar-refractivity contribution in [1.29, 1.82) is 0 Å². The number of benzene rings is 2. The molecule has 0 saturated carbocycles. The standard InChI is InChI=1S/C18H20N2O5/c1-24-14-8-10-16(11-9-14)25-15-6-4-13(5-7-15)18(22)19-12-2-3-17(21)20-23/h4-11,23H,2-3,12H2,1H3,(H,19,22)(H,20,21). The van der Waals surface area contributed by atoms with Gasteiger partial charge < -0.3 is 14.8 Å². The molecule has 25 heavy (non-hydrogen) atoms. The summed E-state index contributed by atoms with van der Waals surface area (Å²) in [5.74, 6) is 1.31. The van der Waals surface area contributed by atoms with Crippen molar-refractivity contribution in [3.8, 4) is 17.2 Å². The molecule has 0 spiro atoms. The van der Waals surface area contributed by atoms with Gasteiger partial charge in [0.1, 0.15) is 17.2 Å². The maximum Gasteiger partial charge on any atom is 0.251 e. The summed E-state index contributed by atoms with van der Waals surface area (Å²) in [4.78, 5) is 22.8. The molecule has 0 aliphatic rings. The van der Waals surface area contributed by atoms with Crippen LogP contribution in [0.4, 0.5) is 0 Å². The van der Waals surface area contributed by atoms with Crippen molar-refractivity contribution in [2.45, 2.75) is 12.8 Å². The zero-order valence-corrected chi connectivity index (χ0v) is 13.8. The lowest BCUT2D eigenvalue weighted by Crippen LogP contribution is -2.26. The highest BCUT2D eigenvalue weighted by Crippen LogP contribution is 2.23. The zero-order valence-electron chi connectivity index (χ0n) is 13.8. The van der Waals surface area contributed by atoms with Crippen molar-refractivity contribution in [3.63, 3.8) is 0 Å². The van der Waals surface area contributed by atoms with Crippen molar-refractivity contribution in [2.75, 3.05) is 13.7 Å². The monoisotopic (exact) mass is 344 g/mol. The molecule has 3 N–H and O–H groups in total. The van der Waals surface area contributed by atoms with Gasteiger partial charge in [-0.1, -0.05) is 0 Å². The first-order valence-corrected chi connectivity index (χ1v) is 7.75. The number of amides is 2. The van der Waals surface area contributed by atoms with Crippen LogP contribution in [0.25, 0.3) is 0 Å². The first-order chi connectivity index (χ1) is 12.1. The number of hydrogen-bond acceptors (Lipinski definition) is 5. The molecule has 0 radical (unpaired) electrons. The van der Waals surface area contributed by atoms with E-state index in [0.29, 0.717) is 30.0 Å². The Labute approximate surface area is 145 Å². The van der Waals surface area contributed by atoms with Crippen molar-refractivity contribution in [1.82, 2.24) is 10.8 Å². The molecule has 0 saturated heterocycles. The number of rotatable bonds is 8. The van der Waals surface area contributed by atoms with Crippen LogP contribution in [0.15, 0.2) is 48.5 Å². The second kappa shape index (κ2) is 9.29. The maximum absolute atomic E-state index is 12.0. The smallest absolute Gasteiger partial charge is 0.251 e. The Bertz CT molecular complexity index is 698. The quantitative estimate of drug-likeness (QED) is 0.388. The van der Waals surface area contributed by atoms with Gasteiger partial charge in [-0.05, 0) is 55.0 Å². The summed E-state index contributed by atoms with van der Waals surface area (Å²) in [6, 6.07) is 13.9. The number of carbonyl (C=O) groups is 2. The molecule has 2 rings (SSSR count). The summed E-state index contributed by atoms with van der Waals surface area (Å²) in [6.45, 7) is 0.344. The molecule has 0 fully saturated rings. The summed E-state index contributed by atoms with van der Waals surface area (Å²) in [5, 5.41) is 11.1. The van der Waals surface area contributed by atoms with Crippen LogP contribution in [0.1, 0.15) is 23.2 Å². The highest BCUT2D eigenvalue weighted by Gasteiger charge is 2.06. The van der Waals surface area contributed by atoms with Crippen molar-refractivity contribution < 1.29 is 24.3 Å². The highest BCUT2D eigenvalue weighted by atomic mass is 16.5. The lowest BCUT2D eigenvalue weighted by molar-refractivity contribution is -0.129. The van der Waals surface area contributed by atoms with Gasteiger partial charge in [0.15, 0.2) is 0 Å². The topological polar surface area (TPSA) is 96.9 Å². The van der Waals surface area contributed by atoms with Crippen LogP contribution >= 0.6 is 0 Å². The van der Waals surface area contributed by atoms with E-state index in [2.05, 4.69) is 5.32 Å². The van der Waals surface area contributed by atoms with Crippen LogP contribution in [-0.4, -0.2) is 30.7 Å². The molecule has 132 valence electrons. The van der Waals surface area contributed by atoms with Gasteiger partial charge in [-0.2, -0.15) is 0 Å². The number of hydrogen-bond donors (Lipinski definition) is 3. The maximum atomic E-state index is 12.0. The second-order valence-electron chi connectivity index (χ2n) is 5.20. The average molecular weight is 344 g/mol. The Morgan fingerprint density at radius 1 is 0.960 bits per heavy atom. The molecule has 7 nitrogen and oxygen atoms in total. The van der Waals surface area contributed by atoms with Gasteiger partial charge in [-0.15, -0.1) is 0 Å². The Kier molecular flexibility index (Phi) is 6.79. The van der Waals surface area contributed by atoms with Gasteiger partial charge in [0.25, 0.3) is 5.91 Å². The predicted molar refractivity (Wildman–Crippen MR) is 91.0 cm³/mol. The van der Waals surface area contributed by atoms with E-state index in [9.17, 15) is 9.59 Å². The van der Waals surface area contributed by atoms with Gasteiger partial charge in [0.05, 0.1) is 7.11 Å². The first kappa shape index (κ1) is 18.3. The average Bonchev–Trinajstić information content (AvgIpc) is 2.66. The molecule has 0 heterocycles. The van der Waals surface area contributed by atoms with Crippen LogP contribution in [0.3, 0.4) is 0 Å². The molecule has 2 amide bonds. The Hall–Kier alpha value is -3.06. The largest absolute Gasteiger partial charge is 0.497 e. The molecule has 0 bridgehead atoms. The molecular formula is C18H20N2O5. The lowest BCUT2D eigenvalue weighted by Gasteiger charge is -2.08. The third-order valence-electron chi connectivity index (χ3n) is 3.40. The van der Waals surface area contributed by atoms with Crippen LogP contribution < -0.4 is 20.3 Å². The van der Waals surface area contributed by atoms with Gasteiger partial charge in [-0.3, -0.25) is 14.8 Å².